The summed E-state index contributed by atoms with van der Waals surface area (Å²) in [6.07, 6.45) is 1.65. The number of benzene rings is 2. The summed E-state index contributed by atoms with van der Waals surface area (Å²) < 4.78 is 13.3. The van der Waals surface area contributed by atoms with Crippen LogP contribution in [0.2, 0.25) is 0 Å². The number of esters is 1. The van der Waals surface area contributed by atoms with Crippen LogP contribution in [0.3, 0.4) is 0 Å². The molecule has 0 bridgehead atoms. The van der Waals surface area contributed by atoms with E-state index >= 15 is 0 Å². The van der Waals surface area contributed by atoms with Crippen LogP contribution < -0.4 is 10.3 Å². The van der Waals surface area contributed by atoms with Crippen LogP contribution in [0.15, 0.2) is 53.5 Å². The minimum absolute atomic E-state index is 0.206. The molecule has 0 fully saturated rings. The average Bonchev–Trinajstić information content (AvgIpc) is 3.21. The quantitative estimate of drug-likeness (QED) is 0.449. The molecule has 0 saturated carbocycles. The number of pyridine rings is 1. The van der Waals surface area contributed by atoms with Crippen molar-refractivity contribution < 1.29 is 14.3 Å². The van der Waals surface area contributed by atoms with E-state index in [0.29, 0.717) is 23.0 Å². The lowest BCUT2D eigenvalue weighted by atomic mass is 9.96. The molecular weight excluding hydrogens is 406 g/mol. The summed E-state index contributed by atoms with van der Waals surface area (Å²) in [5.41, 5.74) is 5.01. The molecule has 0 radical (unpaired) electrons. The topological polar surface area (TPSA) is 75.3 Å². The van der Waals surface area contributed by atoms with E-state index in [1.54, 1.807) is 25.0 Å². The predicted octanol–water partition coefficient (Wildman–Crippen LogP) is 3.86. The first-order chi connectivity index (χ1) is 15.3. The molecule has 164 valence electrons. The summed E-state index contributed by atoms with van der Waals surface area (Å²) in [6, 6.07) is 13.6. The van der Waals surface area contributed by atoms with E-state index in [0.717, 1.165) is 28.0 Å². The maximum absolute atomic E-state index is 13.3. The van der Waals surface area contributed by atoms with Gasteiger partial charge in [-0.1, -0.05) is 30.3 Å². The predicted molar refractivity (Wildman–Crippen MR) is 123 cm³/mol. The van der Waals surface area contributed by atoms with E-state index in [4.69, 9.17) is 9.47 Å². The molecule has 2 aromatic heterocycles. The first kappa shape index (κ1) is 21.4. The second-order valence-corrected chi connectivity index (χ2v) is 7.79. The standard InChI is InChI=1S/C25H25N3O4/c1-15-6-9-18(12-16(15)2)21-20-13-26-28(14-17-7-10-19(31-4)11-8-17)22(20)24(29)27(3)23(21)25(30)32-5/h6-13H,14H2,1-5H3. The Hall–Kier alpha value is -3.87. The highest BCUT2D eigenvalue weighted by Gasteiger charge is 2.25. The van der Waals surface area contributed by atoms with E-state index in [1.165, 1.54) is 11.7 Å². The number of rotatable bonds is 5. The molecule has 0 aliphatic rings. The van der Waals surface area contributed by atoms with Crippen LogP contribution in [0.1, 0.15) is 27.2 Å². The Kier molecular flexibility index (Phi) is 5.57. The second kappa shape index (κ2) is 8.34. The number of carbonyl (C=O) groups excluding carboxylic acids is 1. The van der Waals surface area contributed by atoms with Gasteiger partial charge in [0.1, 0.15) is 17.0 Å². The first-order valence-corrected chi connectivity index (χ1v) is 10.2. The van der Waals surface area contributed by atoms with Crippen molar-refractivity contribution in [1.82, 2.24) is 14.3 Å². The molecule has 0 N–H and O–H groups in total. The van der Waals surface area contributed by atoms with Crippen LogP contribution in [-0.4, -0.2) is 34.5 Å². The van der Waals surface area contributed by atoms with Crippen LogP contribution in [0.25, 0.3) is 22.0 Å². The van der Waals surface area contributed by atoms with Crippen molar-refractivity contribution in [2.75, 3.05) is 14.2 Å². The van der Waals surface area contributed by atoms with Crippen molar-refractivity contribution >= 4 is 16.9 Å². The number of ether oxygens (including phenoxy) is 2. The van der Waals surface area contributed by atoms with Crippen molar-refractivity contribution in [3.05, 3.63) is 81.4 Å². The van der Waals surface area contributed by atoms with E-state index in [1.807, 2.05) is 56.3 Å². The van der Waals surface area contributed by atoms with E-state index in [2.05, 4.69) is 5.10 Å². The Morgan fingerprint density at radius 2 is 1.75 bits per heavy atom. The number of hydrogen-bond acceptors (Lipinski definition) is 5. The lowest BCUT2D eigenvalue weighted by Crippen LogP contribution is -2.27. The maximum atomic E-state index is 13.3. The third-order valence-corrected chi connectivity index (χ3v) is 5.85. The van der Waals surface area contributed by atoms with Crippen molar-refractivity contribution in [2.24, 2.45) is 7.05 Å². The number of fused-ring (bicyclic) bond motifs is 1. The highest BCUT2D eigenvalue weighted by molar-refractivity contribution is 6.05. The summed E-state index contributed by atoms with van der Waals surface area (Å²) in [4.78, 5) is 26.0. The number of nitrogens with zero attached hydrogens (tertiary/aromatic N) is 3. The van der Waals surface area contributed by atoms with E-state index in [9.17, 15) is 9.59 Å². The van der Waals surface area contributed by atoms with Crippen molar-refractivity contribution in [3.63, 3.8) is 0 Å². The molecular formula is C25H25N3O4. The lowest BCUT2D eigenvalue weighted by molar-refractivity contribution is 0.0589. The number of hydrogen-bond donors (Lipinski definition) is 0. The van der Waals surface area contributed by atoms with Crippen LogP contribution in [0.5, 0.6) is 5.75 Å². The second-order valence-electron chi connectivity index (χ2n) is 7.79. The third-order valence-electron chi connectivity index (χ3n) is 5.85. The van der Waals surface area contributed by atoms with Gasteiger partial charge < -0.3 is 14.0 Å². The van der Waals surface area contributed by atoms with Gasteiger partial charge in [0.25, 0.3) is 5.56 Å². The van der Waals surface area contributed by atoms with Gasteiger partial charge in [0.05, 0.1) is 27.0 Å². The SMILES string of the molecule is COC(=O)c1c(-c2ccc(C)c(C)c2)c2cnn(Cc3ccc(OC)cc3)c2c(=O)n1C. The van der Waals surface area contributed by atoms with Crippen molar-refractivity contribution in [3.8, 4) is 16.9 Å². The molecule has 7 nitrogen and oxygen atoms in total. The van der Waals surface area contributed by atoms with Crippen LogP contribution in [-0.2, 0) is 18.3 Å². The average molecular weight is 431 g/mol. The first-order valence-electron chi connectivity index (χ1n) is 10.2. The summed E-state index contributed by atoms with van der Waals surface area (Å²) in [6.45, 7) is 4.46. The molecule has 0 aliphatic heterocycles. The van der Waals surface area contributed by atoms with Gasteiger partial charge >= 0.3 is 5.97 Å². The van der Waals surface area contributed by atoms with E-state index < -0.39 is 5.97 Å². The van der Waals surface area contributed by atoms with Crippen LogP contribution in [0, 0.1) is 13.8 Å². The van der Waals surface area contributed by atoms with Gasteiger partial charge in [-0.15, -0.1) is 0 Å². The number of methoxy groups -OCH3 is 2. The zero-order valence-electron chi connectivity index (χ0n) is 18.8. The molecule has 0 saturated heterocycles. The Morgan fingerprint density at radius 3 is 2.38 bits per heavy atom. The molecule has 7 heteroatoms. The number of aromatic nitrogens is 3. The Morgan fingerprint density at radius 1 is 1.03 bits per heavy atom. The monoisotopic (exact) mass is 431 g/mol. The van der Waals surface area contributed by atoms with Gasteiger partial charge in [-0.25, -0.2) is 4.79 Å². The molecule has 2 aromatic carbocycles. The van der Waals surface area contributed by atoms with Gasteiger partial charge in [0.2, 0.25) is 0 Å². The molecule has 2 heterocycles. The van der Waals surface area contributed by atoms with Gasteiger partial charge in [-0.3, -0.25) is 9.48 Å². The number of carbonyl (C=O) groups is 1. The molecule has 4 aromatic rings. The molecule has 0 atom stereocenters. The Bertz CT molecular complexity index is 1380. The smallest absolute Gasteiger partial charge is 0.355 e. The molecule has 0 spiro atoms. The molecule has 0 unspecified atom stereocenters. The lowest BCUT2D eigenvalue weighted by Gasteiger charge is -2.15. The van der Waals surface area contributed by atoms with Gasteiger partial charge in [0.15, 0.2) is 0 Å². The summed E-state index contributed by atoms with van der Waals surface area (Å²) in [7, 11) is 4.52. The highest BCUT2D eigenvalue weighted by Crippen LogP contribution is 2.32. The van der Waals surface area contributed by atoms with Gasteiger partial charge in [0, 0.05) is 18.0 Å². The molecule has 0 aliphatic carbocycles. The number of aryl methyl sites for hydroxylation is 2. The van der Waals surface area contributed by atoms with Crippen molar-refractivity contribution in [2.45, 2.75) is 20.4 Å². The summed E-state index contributed by atoms with van der Waals surface area (Å²) >= 11 is 0. The van der Waals surface area contributed by atoms with Crippen LogP contribution in [0.4, 0.5) is 0 Å². The summed E-state index contributed by atoms with van der Waals surface area (Å²) in [5, 5.41) is 5.12. The molecule has 32 heavy (non-hydrogen) atoms. The minimum atomic E-state index is -0.567. The zero-order chi connectivity index (χ0) is 23.0. The molecule has 0 amide bonds. The fraction of sp³-hybridized carbons (Fsp3) is 0.240. The zero-order valence-corrected chi connectivity index (χ0v) is 18.8. The van der Waals surface area contributed by atoms with Crippen molar-refractivity contribution in [1.29, 1.82) is 0 Å². The van der Waals surface area contributed by atoms with Crippen LogP contribution >= 0.6 is 0 Å². The highest BCUT2D eigenvalue weighted by atomic mass is 16.5. The Balaban J connectivity index is 1.97. The van der Waals surface area contributed by atoms with Gasteiger partial charge in [-0.05, 0) is 48.2 Å². The maximum Gasteiger partial charge on any atom is 0.355 e. The normalized spacial score (nSPS) is 11.0. The largest absolute Gasteiger partial charge is 0.497 e. The minimum Gasteiger partial charge on any atom is -0.497 e. The fourth-order valence-electron chi connectivity index (χ4n) is 3.90. The Labute approximate surface area is 185 Å². The molecule has 4 rings (SSSR count). The fourth-order valence-corrected chi connectivity index (χ4v) is 3.90. The third kappa shape index (κ3) is 3.56. The van der Waals surface area contributed by atoms with E-state index in [-0.39, 0.29) is 11.3 Å². The summed E-state index contributed by atoms with van der Waals surface area (Å²) in [5.74, 6) is 0.192. The van der Waals surface area contributed by atoms with Gasteiger partial charge in [-0.2, -0.15) is 5.10 Å².